The number of para-hydroxylation sites is 1. The molecule has 186 valence electrons. The van der Waals surface area contributed by atoms with Crippen LogP contribution in [-0.4, -0.2) is 30.7 Å². The van der Waals surface area contributed by atoms with Gasteiger partial charge < -0.3 is 4.74 Å². The molecule has 0 bridgehead atoms. The lowest BCUT2D eigenvalue weighted by atomic mass is 10.2. The van der Waals surface area contributed by atoms with E-state index in [1.165, 1.54) is 12.0 Å². The zero-order valence-corrected chi connectivity index (χ0v) is 21.5. The van der Waals surface area contributed by atoms with Gasteiger partial charge in [0.1, 0.15) is 0 Å². The van der Waals surface area contributed by atoms with Crippen molar-refractivity contribution in [2.24, 2.45) is 0 Å². The van der Waals surface area contributed by atoms with Gasteiger partial charge >= 0.3 is 5.97 Å². The number of imide groups is 1. The van der Waals surface area contributed by atoms with Crippen LogP contribution in [0.15, 0.2) is 121 Å². The van der Waals surface area contributed by atoms with E-state index in [0.29, 0.717) is 5.69 Å². The average molecular weight is 510 g/mol. The van der Waals surface area contributed by atoms with E-state index in [1.54, 1.807) is 30.1 Å². The van der Waals surface area contributed by atoms with E-state index in [4.69, 9.17) is 4.74 Å². The van der Waals surface area contributed by atoms with Gasteiger partial charge in [0.15, 0.2) is 0 Å². The molecule has 4 aromatic carbocycles. The molecule has 0 saturated carbocycles. The summed E-state index contributed by atoms with van der Waals surface area (Å²) in [4.78, 5) is 40.5. The lowest BCUT2D eigenvalue weighted by molar-refractivity contribution is -0.142. The van der Waals surface area contributed by atoms with Crippen LogP contribution < -0.4 is 20.8 Å². The van der Waals surface area contributed by atoms with Gasteiger partial charge in [0.2, 0.25) is 5.91 Å². The third-order valence-electron chi connectivity index (χ3n) is 6.05. The molecule has 4 rings (SSSR count). The number of carbonyl (C=O) groups is 3. The highest BCUT2D eigenvalue weighted by molar-refractivity contribution is 7.95. The van der Waals surface area contributed by atoms with Crippen molar-refractivity contribution in [3.8, 4) is 0 Å². The molecule has 5 nitrogen and oxygen atoms in total. The Morgan fingerprint density at radius 1 is 0.649 bits per heavy atom. The van der Waals surface area contributed by atoms with Crippen molar-refractivity contribution < 1.29 is 19.1 Å². The van der Waals surface area contributed by atoms with Gasteiger partial charge in [0.05, 0.1) is 19.2 Å². The van der Waals surface area contributed by atoms with Crippen molar-refractivity contribution in [1.82, 2.24) is 0 Å². The Hall–Kier alpha value is -4.21. The van der Waals surface area contributed by atoms with Crippen molar-refractivity contribution in [1.29, 1.82) is 0 Å². The van der Waals surface area contributed by atoms with Crippen molar-refractivity contribution in [2.75, 3.05) is 12.0 Å². The highest BCUT2D eigenvalue weighted by Crippen LogP contribution is 2.43. The Morgan fingerprint density at radius 3 is 1.46 bits per heavy atom. The Labute approximate surface area is 217 Å². The molecule has 37 heavy (non-hydrogen) atoms. The molecule has 0 saturated heterocycles. The second-order valence-corrected chi connectivity index (χ2v) is 11.6. The largest absolute Gasteiger partial charge is 0.469 e. The SMILES string of the molecule is COC(=O)CCC(=O)N(C(=O)C=P(c1ccccc1)(c1ccccc1)c1ccccc1)c1ccccc1. The van der Waals surface area contributed by atoms with Crippen molar-refractivity contribution >= 4 is 52.1 Å². The zero-order valence-electron chi connectivity index (χ0n) is 20.6. The first-order valence-corrected chi connectivity index (χ1v) is 13.8. The fourth-order valence-corrected chi connectivity index (χ4v) is 7.99. The van der Waals surface area contributed by atoms with E-state index in [0.717, 1.165) is 15.9 Å². The fraction of sp³-hybridized carbons (Fsp3) is 0.0968. The zero-order chi connectivity index (χ0) is 26.1. The predicted octanol–water partition coefficient (Wildman–Crippen LogP) is 4.30. The molecule has 0 radical (unpaired) electrons. The van der Waals surface area contributed by atoms with E-state index in [2.05, 4.69) is 0 Å². The molecule has 0 aliphatic rings. The number of benzene rings is 4. The first-order chi connectivity index (χ1) is 18.1. The molecule has 0 N–H and O–H groups in total. The maximum absolute atomic E-state index is 14.2. The Kier molecular flexibility index (Phi) is 8.50. The number of esters is 1. The molecule has 0 heterocycles. The molecule has 2 amide bonds. The summed E-state index contributed by atoms with van der Waals surface area (Å²) >= 11 is 0. The van der Waals surface area contributed by atoms with E-state index in [9.17, 15) is 14.4 Å². The topological polar surface area (TPSA) is 63.7 Å². The van der Waals surface area contributed by atoms with Crippen LogP contribution in [0.2, 0.25) is 0 Å². The Bertz CT molecular complexity index is 1300. The number of hydrogen-bond acceptors (Lipinski definition) is 4. The molecule has 0 aromatic heterocycles. The number of ether oxygens (including phenoxy) is 1. The first-order valence-electron chi connectivity index (χ1n) is 12.0. The Morgan fingerprint density at radius 2 is 1.05 bits per heavy atom. The highest BCUT2D eigenvalue weighted by Gasteiger charge is 2.30. The van der Waals surface area contributed by atoms with E-state index < -0.39 is 24.7 Å². The minimum Gasteiger partial charge on any atom is -0.469 e. The lowest BCUT2D eigenvalue weighted by Crippen LogP contribution is -2.40. The minimum absolute atomic E-state index is 0.109. The van der Waals surface area contributed by atoms with E-state index in [1.807, 2.05) is 97.1 Å². The van der Waals surface area contributed by atoms with Crippen LogP contribution in [0.5, 0.6) is 0 Å². The van der Waals surface area contributed by atoms with Gasteiger partial charge in [-0.05, 0) is 34.9 Å². The minimum atomic E-state index is -2.63. The maximum atomic E-state index is 14.2. The third kappa shape index (κ3) is 5.79. The summed E-state index contributed by atoms with van der Waals surface area (Å²) in [5.41, 5.74) is 0.450. The summed E-state index contributed by atoms with van der Waals surface area (Å²) in [6.07, 6.45) is -0.253. The number of rotatable bonds is 8. The fourth-order valence-electron chi connectivity index (χ4n) is 4.28. The third-order valence-corrected chi connectivity index (χ3v) is 10.00. The van der Waals surface area contributed by atoms with Crippen molar-refractivity contribution in [2.45, 2.75) is 12.8 Å². The maximum Gasteiger partial charge on any atom is 0.306 e. The summed E-state index contributed by atoms with van der Waals surface area (Å²) in [6.45, 7) is -2.63. The van der Waals surface area contributed by atoms with Crippen molar-refractivity contribution in [3.63, 3.8) is 0 Å². The van der Waals surface area contributed by atoms with Gasteiger partial charge in [-0.3, -0.25) is 14.4 Å². The number of amides is 2. The molecule has 0 aliphatic carbocycles. The quantitative estimate of drug-likeness (QED) is 0.263. The molecule has 0 aliphatic heterocycles. The summed E-state index contributed by atoms with van der Waals surface area (Å²) < 4.78 is 4.70. The number of methoxy groups -OCH3 is 1. The highest BCUT2D eigenvalue weighted by atomic mass is 31.2. The molecule has 6 heteroatoms. The summed E-state index contributed by atoms with van der Waals surface area (Å²) in [6, 6.07) is 38.6. The normalized spacial score (nSPS) is 10.8. The van der Waals surface area contributed by atoms with Crippen LogP contribution in [0.25, 0.3) is 0 Å². The second kappa shape index (κ2) is 12.2. The molecule has 0 spiro atoms. The van der Waals surface area contributed by atoms with Gasteiger partial charge in [0.25, 0.3) is 5.91 Å². The van der Waals surface area contributed by atoms with Gasteiger partial charge in [-0.25, -0.2) is 4.90 Å². The molecule has 0 fully saturated rings. The van der Waals surface area contributed by atoms with Gasteiger partial charge in [-0.15, -0.1) is 0 Å². The summed E-state index contributed by atoms with van der Waals surface area (Å²) in [5.74, 6) is 0.310. The van der Waals surface area contributed by atoms with Crippen LogP contribution in [0, 0.1) is 0 Å². The standard InChI is InChI=1S/C31H28NO4P/c1-36-31(35)23-22-29(33)32(25-14-6-2-7-15-25)30(34)24-37(26-16-8-3-9-17-26,27-18-10-4-11-19-27)28-20-12-5-13-21-28/h2-21,24H,22-23H2,1H3. The van der Waals surface area contributed by atoms with Crippen LogP contribution in [0.1, 0.15) is 12.8 Å². The number of carbonyl (C=O) groups excluding carboxylic acids is 3. The van der Waals surface area contributed by atoms with Crippen LogP contribution in [0.4, 0.5) is 5.69 Å². The smallest absolute Gasteiger partial charge is 0.306 e. The van der Waals surface area contributed by atoms with E-state index in [-0.39, 0.29) is 12.8 Å². The second-order valence-electron chi connectivity index (χ2n) is 8.34. The number of hydrogen-bond donors (Lipinski definition) is 0. The van der Waals surface area contributed by atoms with Gasteiger partial charge in [-0.1, -0.05) is 109 Å². The lowest BCUT2D eigenvalue weighted by Gasteiger charge is -2.30. The first kappa shape index (κ1) is 25.9. The van der Waals surface area contributed by atoms with Crippen LogP contribution in [0.3, 0.4) is 0 Å². The summed E-state index contributed by atoms with van der Waals surface area (Å²) in [7, 11) is 1.28. The summed E-state index contributed by atoms with van der Waals surface area (Å²) in [5, 5.41) is 2.99. The van der Waals surface area contributed by atoms with Gasteiger partial charge in [-0.2, -0.15) is 0 Å². The molecular formula is C31H28NO4P. The molecule has 0 unspecified atom stereocenters. The average Bonchev–Trinajstić information content (AvgIpc) is 2.96. The van der Waals surface area contributed by atoms with Crippen LogP contribution in [-0.2, 0) is 19.1 Å². The molecule has 0 atom stereocenters. The molecular weight excluding hydrogens is 481 g/mol. The Balaban J connectivity index is 1.95. The van der Waals surface area contributed by atoms with Gasteiger partial charge in [0, 0.05) is 12.2 Å². The number of nitrogens with zero attached hydrogens (tertiary/aromatic N) is 1. The molecule has 4 aromatic rings. The predicted molar refractivity (Wildman–Crippen MR) is 151 cm³/mol. The monoisotopic (exact) mass is 509 g/mol. The number of anilines is 1. The van der Waals surface area contributed by atoms with Crippen LogP contribution >= 0.6 is 6.89 Å². The van der Waals surface area contributed by atoms with E-state index >= 15 is 0 Å². The van der Waals surface area contributed by atoms with Crippen molar-refractivity contribution in [3.05, 3.63) is 121 Å².